The van der Waals surface area contributed by atoms with Crippen molar-refractivity contribution in [3.05, 3.63) is 29.6 Å². The topological polar surface area (TPSA) is 68.0 Å². The number of hydrogen-bond donors (Lipinski definition) is 2. The Hall–Kier alpha value is -1.86. The van der Waals surface area contributed by atoms with Crippen LogP contribution in [0.4, 0.5) is 0 Å². The summed E-state index contributed by atoms with van der Waals surface area (Å²) in [6, 6.07) is 3.54. The zero-order valence-corrected chi connectivity index (χ0v) is 11.6. The van der Waals surface area contributed by atoms with Crippen LogP contribution in [0.2, 0.25) is 0 Å². The fourth-order valence-corrected chi connectivity index (χ4v) is 1.73. The molecular weight excluding hydrogens is 238 g/mol. The zero-order chi connectivity index (χ0) is 14.1. The molecule has 0 aliphatic rings. The molecule has 0 saturated carbocycles. The van der Waals surface area contributed by atoms with Gasteiger partial charge in [0, 0.05) is 12.7 Å². The van der Waals surface area contributed by atoms with Gasteiger partial charge in [0.15, 0.2) is 0 Å². The Morgan fingerprint density at radius 2 is 2.21 bits per heavy atom. The highest BCUT2D eigenvalue weighted by atomic mass is 16.1. The van der Waals surface area contributed by atoms with Gasteiger partial charge in [-0.3, -0.25) is 4.79 Å². The molecule has 0 aliphatic carbocycles. The lowest BCUT2D eigenvalue weighted by Crippen LogP contribution is -2.30. The molecule has 1 heterocycles. The molecule has 0 aliphatic heterocycles. The van der Waals surface area contributed by atoms with E-state index in [4.69, 9.17) is 5.73 Å². The van der Waals surface area contributed by atoms with Gasteiger partial charge in [-0.15, -0.1) is 0 Å². The second-order valence-electron chi connectivity index (χ2n) is 4.30. The van der Waals surface area contributed by atoms with Crippen LogP contribution in [-0.2, 0) is 0 Å². The molecule has 0 atom stereocenters. The number of carbonyl (C=O) groups excluding carboxylic acids is 1. The van der Waals surface area contributed by atoms with Gasteiger partial charge < -0.3 is 11.1 Å². The van der Waals surface area contributed by atoms with E-state index in [-0.39, 0.29) is 12.5 Å². The standard InChI is InChI=1S/C15H21N3O/c1-3-12(4-2)11-18-15(19)14-13(7-5-9-16)8-6-10-17-14/h6,8,10,12H,3-4,9,11,16H2,1-2H3,(H,18,19). The van der Waals surface area contributed by atoms with Gasteiger partial charge >= 0.3 is 0 Å². The van der Waals surface area contributed by atoms with Crippen LogP contribution >= 0.6 is 0 Å². The third-order valence-corrected chi connectivity index (χ3v) is 3.05. The first kappa shape index (κ1) is 15.2. The number of nitrogens with one attached hydrogen (secondary N) is 1. The summed E-state index contributed by atoms with van der Waals surface area (Å²) in [4.78, 5) is 16.2. The van der Waals surface area contributed by atoms with Crippen LogP contribution in [0.15, 0.2) is 18.3 Å². The second-order valence-corrected chi connectivity index (χ2v) is 4.30. The summed E-state index contributed by atoms with van der Waals surface area (Å²) in [6.45, 7) is 5.19. The van der Waals surface area contributed by atoms with Crippen molar-refractivity contribution in [3.63, 3.8) is 0 Å². The Morgan fingerprint density at radius 1 is 1.47 bits per heavy atom. The van der Waals surface area contributed by atoms with E-state index in [9.17, 15) is 4.79 Å². The molecule has 1 aromatic rings. The van der Waals surface area contributed by atoms with E-state index >= 15 is 0 Å². The first-order valence-corrected chi connectivity index (χ1v) is 6.65. The molecule has 1 aromatic heterocycles. The van der Waals surface area contributed by atoms with Crippen molar-refractivity contribution in [3.8, 4) is 11.8 Å². The maximum atomic E-state index is 12.1. The molecule has 0 bridgehead atoms. The maximum absolute atomic E-state index is 12.1. The molecule has 4 nitrogen and oxygen atoms in total. The molecule has 0 radical (unpaired) electrons. The van der Waals surface area contributed by atoms with Crippen molar-refractivity contribution in [2.24, 2.45) is 11.7 Å². The smallest absolute Gasteiger partial charge is 0.271 e. The van der Waals surface area contributed by atoms with Crippen molar-refractivity contribution >= 4 is 5.91 Å². The summed E-state index contributed by atoms with van der Waals surface area (Å²) < 4.78 is 0. The lowest BCUT2D eigenvalue weighted by molar-refractivity contribution is 0.0941. The largest absolute Gasteiger partial charge is 0.350 e. The summed E-state index contributed by atoms with van der Waals surface area (Å²) in [5, 5.41) is 2.92. The van der Waals surface area contributed by atoms with Crippen molar-refractivity contribution in [2.45, 2.75) is 26.7 Å². The fourth-order valence-electron chi connectivity index (χ4n) is 1.73. The molecule has 0 spiro atoms. The van der Waals surface area contributed by atoms with Gasteiger partial charge in [0.2, 0.25) is 0 Å². The number of pyridine rings is 1. The van der Waals surface area contributed by atoms with E-state index in [2.05, 4.69) is 36.0 Å². The monoisotopic (exact) mass is 259 g/mol. The number of rotatable bonds is 5. The van der Waals surface area contributed by atoms with Crippen LogP contribution in [0.25, 0.3) is 0 Å². The van der Waals surface area contributed by atoms with Crippen LogP contribution < -0.4 is 11.1 Å². The summed E-state index contributed by atoms with van der Waals surface area (Å²) in [7, 11) is 0. The summed E-state index contributed by atoms with van der Waals surface area (Å²) in [5.41, 5.74) is 6.33. The lowest BCUT2D eigenvalue weighted by Gasteiger charge is -2.13. The van der Waals surface area contributed by atoms with E-state index in [1.165, 1.54) is 0 Å². The van der Waals surface area contributed by atoms with Crippen LogP contribution in [0, 0.1) is 17.8 Å². The highest BCUT2D eigenvalue weighted by Crippen LogP contribution is 2.07. The molecule has 0 unspecified atom stereocenters. The van der Waals surface area contributed by atoms with Crippen LogP contribution in [0.5, 0.6) is 0 Å². The molecule has 0 fully saturated rings. The highest BCUT2D eigenvalue weighted by Gasteiger charge is 2.12. The van der Waals surface area contributed by atoms with E-state index < -0.39 is 0 Å². The normalized spacial score (nSPS) is 9.89. The molecule has 0 aromatic carbocycles. The number of carbonyl (C=O) groups is 1. The van der Waals surface area contributed by atoms with Gasteiger partial charge in [0.05, 0.1) is 12.1 Å². The van der Waals surface area contributed by atoms with Gasteiger partial charge in [-0.25, -0.2) is 4.98 Å². The summed E-state index contributed by atoms with van der Waals surface area (Å²) in [6.07, 6.45) is 3.71. The van der Waals surface area contributed by atoms with Crippen molar-refractivity contribution in [2.75, 3.05) is 13.1 Å². The number of amides is 1. The second kappa shape index (κ2) is 8.28. The van der Waals surface area contributed by atoms with Crippen molar-refractivity contribution in [1.29, 1.82) is 0 Å². The average Bonchev–Trinajstić information content (AvgIpc) is 2.46. The Labute approximate surface area is 114 Å². The Bertz CT molecular complexity index is 470. The first-order valence-electron chi connectivity index (χ1n) is 6.65. The van der Waals surface area contributed by atoms with Crippen LogP contribution in [-0.4, -0.2) is 24.0 Å². The minimum atomic E-state index is -0.172. The number of nitrogens with zero attached hydrogens (tertiary/aromatic N) is 1. The van der Waals surface area contributed by atoms with Gasteiger partial charge in [-0.05, 0) is 18.1 Å². The minimum Gasteiger partial charge on any atom is -0.350 e. The van der Waals surface area contributed by atoms with E-state index in [0.29, 0.717) is 23.7 Å². The molecule has 3 N–H and O–H groups in total. The number of hydrogen-bond acceptors (Lipinski definition) is 3. The Morgan fingerprint density at radius 3 is 2.84 bits per heavy atom. The average molecular weight is 259 g/mol. The molecular formula is C15H21N3O. The highest BCUT2D eigenvalue weighted by molar-refractivity contribution is 5.94. The zero-order valence-electron chi connectivity index (χ0n) is 11.6. The van der Waals surface area contributed by atoms with Crippen molar-refractivity contribution in [1.82, 2.24) is 10.3 Å². The molecule has 0 saturated heterocycles. The van der Waals surface area contributed by atoms with Gasteiger partial charge in [0.25, 0.3) is 5.91 Å². The predicted octanol–water partition coefficient (Wildman–Crippen LogP) is 1.56. The van der Waals surface area contributed by atoms with E-state index in [0.717, 1.165) is 12.8 Å². The maximum Gasteiger partial charge on any atom is 0.271 e. The third-order valence-electron chi connectivity index (χ3n) is 3.05. The molecule has 1 rings (SSSR count). The SMILES string of the molecule is CCC(CC)CNC(=O)c1ncccc1C#CCN. The van der Waals surface area contributed by atoms with Gasteiger partial charge in [-0.2, -0.15) is 0 Å². The first-order chi connectivity index (χ1) is 9.22. The molecule has 19 heavy (non-hydrogen) atoms. The minimum absolute atomic E-state index is 0.172. The number of aromatic nitrogens is 1. The number of nitrogens with two attached hydrogens (primary N) is 1. The third kappa shape index (κ3) is 4.72. The Balaban J connectivity index is 2.76. The van der Waals surface area contributed by atoms with E-state index in [1.807, 2.05) is 0 Å². The fraction of sp³-hybridized carbons (Fsp3) is 0.467. The predicted molar refractivity (Wildman–Crippen MR) is 76.6 cm³/mol. The van der Waals surface area contributed by atoms with Crippen LogP contribution in [0.3, 0.4) is 0 Å². The van der Waals surface area contributed by atoms with E-state index in [1.54, 1.807) is 18.3 Å². The van der Waals surface area contributed by atoms with Crippen LogP contribution in [0.1, 0.15) is 42.7 Å². The molecule has 1 amide bonds. The molecule has 102 valence electrons. The van der Waals surface area contributed by atoms with Crippen molar-refractivity contribution < 1.29 is 4.79 Å². The summed E-state index contributed by atoms with van der Waals surface area (Å²) >= 11 is 0. The van der Waals surface area contributed by atoms with Gasteiger partial charge in [0.1, 0.15) is 5.69 Å². The quantitative estimate of drug-likeness (QED) is 0.788. The Kier molecular flexibility index (Phi) is 6.62. The van der Waals surface area contributed by atoms with Gasteiger partial charge in [-0.1, -0.05) is 38.5 Å². The summed E-state index contributed by atoms with van der Waals surface area (Å²) in [5.74, 6) is 5.95. The lowest BCUT2D eigenvalue weighted by atomic mass is 10.0. The molecule has 4 heteroatoms.